The molecule has 2 fully saturated rings. The zero-order valence-electron chi connectivity index (χ0n) is 16.4. The van der Waals surface area contributed by atoms with Crippen molar-refractivity contribution in [3.8, 4) is 6.07 Å². The van der Waals surface area contributed by atoms with Crippen molar-refractivity contribution in [2.45, 2.75) is 32.7 Å². The van der Waals surface area contributed by atoms with Gasteiger partial charge in [0.25, 0.3) is 0 Å². The van der Waals surface area contributed by atoms with E-state index in [2.05, 4.69) is 21.6 Å². The first-order valence-corrected chi connectivity index (χ1v) is 10.1. The van der Waals surface area contributed by atoms with Crippen LogP contribution in [0.2, 0.25) is 0 Å². The number of piperidine rings is 2. The first-order valence-electron chi connectivity index (χ1n) is 10.1. The molecule has 2 atom stereocenters. The van der Waals surface area contributed by atoms with Crippen LogP contribution < -0.4 is 10.6 Å². The Balaban J connectivity index is 1.38. The van der Waals surface area contributed by atoms with Gasteiger partial charge in [-0.15, -0.1) is 0 Å². The zero-order chi connectivity index (χ0) is 19.2. The number of nitriles is 1. The topological polar surface area (TPSA) is 71.4 Å². The minimum Gasteiger partial charge on any atom is -0.385 e. The van der Waals surface area contributed by atoms with E-state index >= 15 is 0 Å². The highest BCUT2D eigenvalue weighted by Crippen LogP contribution is 2.28. The summed E-state index contributed by atoms with van der Waals surface area (Å²) in [6, 6.07) is 10.0. The van der Waals surface area contributed by atoms with Gasteiger partial charge in [-0.1, -0.05) is 0 Å². The highest BCUT2D eigenvalue weighted by molar-refractivity contribution is 5.74. The Morgan fingerprint density at radius 2 is 1.85 bits per heavy atom. The maximum atomic E-state index is 12.3. The number of urea groups is 1. The van der Waals surface area contributed by atoms with Crippen LogP contribution in [0.3, 0.4) is 0 Å². The maximum absolute atomic E-state index is 12.3. The largest absolute Gasteiger partial charge is 0.385 e. The molecule has 2 bridgehead atoms. The summed E-state index contributed by atoms with van der Waals surface area (Å²) >= 11 is 0. The van der Waals surface area contributed by atoms with Gasteiger partial charge in [-0.05, 0) is 69.3 Å². The van der Waals surface area contributed by atoms with Crippen LogP contribution in [0.15, 0.2) is 24.3 Å². The highest BCUT2D eigenvalue weighted by atomic mass is 16.2. The summed E-state index contributed by atoms with van der Waals surface area (Å²) in [4.78, 5) is 16.9. The highest BCUT2D eigenvalue weighted by Gasteiger charge is 2.35. The molecule has 3 rings (SSSR count). The van der Waals surface area contributed by atoms with Crippen LogP contribution >= 0.6 is 0 Å². The van der Waals surface area contributed by atoms with Gasteiger partial charge < -0.3 is 20.4 Å². The van der Waals surface area contributed by atoms with Crippen molar-refractivity contribution in [2.24, 2.45) is 11.8 Å². The molecule has 2 amide bonds. The van der Waals surface area contributed by atoms with Crippen LogP contribution in [-0.4, -0.2) is 61.1 Å². The average Bonchev–Trinajstić information content (AvgIpc) is 2.64. The van der Waals surface area contributed by atoms with Crippen LogP contribution in [0, 0.1) is 23.2 Å². The number of nitrogens with one attached hydrogen (secondary N) is 2. The van der Waals surface area contributed by atoms with Crippen molar-refractivity contribution < 1.29 is 4.79 Å². The molecule has 2 saturated heterocycles. The molecular weight excluding hydrogens is 338 g/mol. The van der Waals surface area contributed by atoms with Gasteiger partial charge in [-0.25, -0.2) is 4.79 Å². The first-order chi connectivity index (χ1) is 13.0. The number of likely N-dealkylation sites (tertiary alicyclic amines) is 2. The minimum atomic E-state index is 0.0970. The molecule has 2 aliphatic rings. The van der Waals surface area contributed by atoms with E-state index in [4.69, 9.17) is 5.26 Å². The van der Waals surface area contributed by atoms with Crippen molar-refractivity contribution in [3.63, 3.8) is 0 Å². The molecule has 146 valence electrons. The summed E-state index contributed by atoms with van der Waals surface area (Å²) in [6.07, 6.45) is 2.35. The van der Waals surface area contributed by atoms with Crippen molar-refractivity contribution >= 4 is 11.7 Å². The second-order valence-electron chi connectivity index (χ2n) is 8.21. The molecule has 1 aromatic rings. The number of rotatable bonds is 6. The number of benzene rings is 1. The molecule has 0 spiro atoms. The quantitative estimate of drug-likeness (QED) is 0.757. The van der Waals surface area contributed by atoms with Crippen molar-refractivity contribution in [3.05, 3.63) is 29.8 Å². The van der Waals surface area contributed by atoms with Gasteiger partial charge in [0.2, 0.25) is 0 Å². The molecule has 6 heteroatoms. The lowest BCUT2D eigenvalue weighted by Gasteiger charge is -2.46. The minimum absolute atomic E-state index is 0.0970. The van der Waals surface area contributed by atoms with Gasteiger partial charge in [-0.3, -0.25) is 0 Å². The third-order valence-electron chi connectivity index (χ3n) is 5.35. The summed E-state index contributed by atoms with van der Waals surface area (Å²) in [5.74, 6) is 1.20. The van der Waals surface area contributed by atoms with Gasteiger partial charge in [0.15, 0.2) is 0 Å². The molecule has 27 heavy (non-hydrogen) atoms. The van der Waals surface area contributed by atoms with Crippen LogP contribution in [-0.2, 0) is 0 Å². The van der Waals surface area contributed by atoms with Crippen LogP contribution in [0.25, 0.3) is 0 Å². The molecule has 0 saturated carbocycles. The Bertz CT molecular complexity index is 652. The third kappa shape index (κ3) is 5.61. The normalized spacial score (nSPS) is 22.4. The predicted molar refractivity (Wildman–Crippen MR) is 108 cm³/mol. The second kappa shape index (κ2) is 9.09. The smallest absolute Gasteiger partial charge is 0.317 e. The van der Waals surface area contributed by atoms with E-state index < -0.39 is 0 Å². The van der Waals surface area contributed by atoms with Crippen molar-refractivity contribution in [1.29, 1.82) is 5.26 Å². The van der Waals surface area contributed by atoms with Crippen LogP contribution in [0.1, 0.15) is 32.3 Å². The monoisotopic (exact) mass is 369 g/mol. The number of amides is 2. The van der Waals surface area contributed by atoms with Crippen molar-refractivity contribution in [2.75, 3.05) is 44.6 Å². The molecule has 0 aliphatic carbocycles. The molecule has 2 unspecified atom stereocenters. The van der Waals surface area contributed by atoms with Crippen LogP contribution in [0.4, 0.5) is 10.5 Å². The van der Waals surface area contributed by atoms with Gasteiger partial charge in [0, 0.05) is 44.5 Å². The fourth-order valence-corrected chi connectivity index (χ4v) is 4.27. The summed E-state index contributed by atoms with van der Waals surface area (Å²) in [5.41, 5.74) is 1.76. The molecular formula is C21H31N5O. The van der Waals surface area contributed by atoms with E-state index in [1.54, 1.807) is 0 Å². The number of anilines is 1. The lowest BCUT2D eigenvalue weighted by molar-refractivity contribution is 0.0461. The summed E-state index contributed by atoms with van der Waals surface area (Å²) < 4.78 is 0. The average molecular weight is 370 g/mol. The summed E-state index contributed by atoms with van der Waals surface area (Å²) in [5, 5.41) is 15.3. The van der Waals surface area contributed by atoms with Crippen LogP contribution in [0.5, 0.6) is 0 Å². The fraction of sp³-hybridized carbons (Fsp3) is 0.619. The Morgan fingerprint density at radius 3 is 2.44 bits per heavy atom. The number of carbonyl (C=O) groups excluding carboxylic acids is 1. The Kier molecular flexibility index (Phi) is 6.57. The van der Waals surface area contributed by atoms with Crippen molar-refractivity contribution in [1.82, 2.24) is 15.1 Å². The fourth-order valence-electron chi connectivity index (χ4n) is 4.27. The maximum Gasteiger partial charge on any atom is 0.317 e. The Morgan fingerprint density at radius 1 is 1.19 bits per heavy atom. The molecule has 2 heterocycles. The molecule has 2 aliphatic heterocycles. The SMILES string of the molecule is CC(C)NC(=O)N1CC2CC(CN(CCCNc3ccc(C#N)cc3)C2)C1. The molecule has 0 radical (unpaired) electrons. The number of hydrogen-bond donors (Lipinski definition) is 2. The summed E-state index contributed by atoms with van der Waals surface area (Å²) in [7, 11) is 0. The van der Waals surface area contributed by atoms with E-state index in [9.17, 15) is 4.79 Å². The first kappa shape index (κ1) is 19.5. The summed E-state index contributed by atoms with van der Waals surface area (Å²) in [6.45, 7) is 10.0. The van der Waals surface area contributed by atoms with E-state index in [1.807, 2.05) is 43.0 Å². The van der Waals surface area contributed by atoms with Gasteiger partial charge >= 0.3 is 6.03 Å². The number of nitrogens with zero attached hydrogens (tertiary/aromatic N) is 3. The molecule has 1 aromatic carbocycles. The van der Waals surface area contributed by atoms with E-state index in [0.717, 1.165) is 51.4 Å². The predicted octanol–water partition coefficient (Wildman–Crippen LogP) is 2.73. The van der Waals surface area contributed by atoms with E-state index in [-0.39, 0.29) is 12.1 Å². The second-order valence-corrected chi connectivity index (χ2v) is 8.21. The molecule has 0 aromatic heterocycles. The third-order valence-corrected chi connectivity index (χ3v) is 5.35. The number of fused-ring (bicyclic) bond motifs is 2. The Labute approximate surface area is 162 Å². The number of hydrogen-bond acceptors (Lipinski definition) is 4. The lowest BCUT2D eigenvalue weighted by Crippen LogP contribution is -2.56. The van der Waals surface area contributed by atoms with E-state index in [0.29, 0.717) is 17.4 Å². The van der Waals surface area contributed by atoms with E-state index in [1.165, 1.54) is 6.42 Å². The van der Waals surface area contributed by atoms with Gasteiger partial charge in [-0.2, -0.15) is 5.26 Å². The standard InChI is InChI=1S/C21H31N5O/c1-16(2)24-21(27)26-14-18-10-19(15-26)13-25(12-18)9-3-8-23-20-6-4-17(11-22)5-7-20/h4-7,16,18-19,23H,3,8-10,12-15H2,1-2H3,(H,24,27). The zero-order valence-corrected chi connectivity index (χ0v) is 16.4. The number of carbonyl (C=O) groups is 1. The molecule has 2 N–H and O–H groups in total. The lowest BCUT2D eigenvalue weighted by atomic mass is 9.84. The van der Waals surface area contributed by atoms with Gasteiger partial charge in [0.05, 0.1) is 11.6 Å². The molecule has 6 nitrogen and oxygen atoms in total. The van der Waals surface area contributed by atoms with Gasteiger partial charge in [0.1, 0.15) is 0 Å². The Hall–Kier alpha value is -2.26.